The molecule has 1 aliphatic heterocycles. The van der Waals surface area contributed by atoms with Crippen molar-refractivity contribution >= 4 is 0 Å². The van der Waals surface area contributed by atoms with Crippen molar-refractivity contribution in [3.63, 3.8) is 0 Å². The fourth-order valence-electron chi connectivity index (χ4n) is 3.06. The highest BCUT2D eigenvalue weighted by Crippen LogP contribution is 2.24. The number of halogens is 1. The summed E-state index contributed by atoms with van der Waals surface area (Å²) in [6.07, 6.45) is 0.215. The van der Waals surface area contributed by atoms with Gasteiger partial charge in [-0.15, -0.1) is 0 Å². The van der Waals surface area contributed by atoms with Gasteiger partial charge in [0, 0.05) is 25.6 Å². The molecule has 3 rings (SSSR count). The summed E-state index contributed by atoms with van der Waals surface area (Å²) in [7, 11) is 0. The molecule has 1 N–H and O–H groups in total. The van der Waals surface area contributed by atoms with E-state index in [2.05, 4.69) is 17.0 Å². The van der Waals surface area contributed by atoms with Gasteiger partial charge in [-0.05, 0) is 23.6 Å². The zero-order valence-corrected chi connectivity index (χ0v) is 12.0. The van der Waals surface area contributed by atoms with E-state index in [0.717, 1.165) is 13.1 Å². The minimum atomic E-state index is -0.381. The maximum atomic E-state index is 13.7. The number of benzene rings is 2. The van der Waals surface area contributed by atoms with E-state index in [1.54, 1.807) is 6.07 Å². The second-order valence-corrected chi connectivity index (χ2v) is 5.80. The second kappa shape index (κ2) is 6.37. The summed E-state index contributed by atoms with van der Waals surface area (Å²) in [4.78, 5) is 2.24. The first-order valence-electron chi connectivity index (χ1n) is 7.40. The third kappa shape index (κ3) is 3.49. The lowest BCUT2D eigenvalue weighted by molar-refractivity contribution is 0.140. The Kier molecular flexibility index (Phi) is 4.32. The first-order chi connectivity index (χ1) is 10.2. The van der Waals surface area contributed by atoms with Crippen LogP contribution in [0.3, 0.4) is 0 Å². The van der Waals surface area contributed by atoms with E-state index in [9.17, 15) is 9.50 Å². The third-order valence-electron chi connectivity index (χ3n) is 4.17. The van der Waals surface area contributed by atoms with Crippen LogP contribution in [0.1, 0.15) is 11.1 Å². The van der Waals surface area contributed by atoms with E-state index in [-0.39, 0.29) is 17.8 Å². The Hall–Kier alpha value is -1.71. The van der Waals surface area contributed by atoms with Crippen LogP contribution in [0.15, 0.2) is 54.6 Å². The largest absolute Gasteiger partial charge is 0.391 e. The van der Waals surface area contributed by atoms with Crippen molar-refractivity contribution in [3.8, 4) is 0 Å². The predicted molar refractivity (Wildman–Crippen MR) is 81.3 cm³/mol. The quantitative estimate of drug-likeness (QED) is 0.933. The van der Waals surface area contributed by atoms with Gasteiger partial charge in [0.15, 0.2) is 0 Å². The predicted octanol–water partition coefficient (Wildman–Crippen LogP) is 2.86. The molecule has 0 aliphatic carbocycles. The van der Waals surface area contributed by atoms with Crippen molar-refractivity contribution < 1.29 is 9.50 Å². The summed E-state index contributed by atoms with van der Waals surface area (Å²) in [6.45, 7) is 2.31. The molecule has 2 unspecified atom stereocenters. The fraction of sp³-hybridized carbons (Fsp3) is 0.333. The first-order valence-corrected chi connectivity index (χ1v) is 7.40. The minimum absolute atomic E-state index is 0.102. The summed E-state index contributed by atoms with van der Waals surface area (Å²) in [5.41, 5.74) is 1.94. The molecule has 0 spiro atoms. The van der Waals surface area contributed by atoms with Gasteiger partial charge in [-0.3, -0.25) is 4.90 Å². The van der Waals surface area contributed by atoms with Crippen LogP contribution in [0.5, 0.6) is 0 Å². The van der Waals surface area contributed by atoms with E-state index >= 15 is 0 Å². The number of hydrogen-bond donors (Lipinski definition) is 1. The van der Waals surface area contributed by atoms with Gasteiger partial charge in [-0.25, -0.2) is 4.39 Å². The van der Waals surface area contributed by atoms with E-state index in [1.807, 2.05) is 30.3 Å². The SMILES string of the molecule is OC1CN(Cc2ccccc2)CC1Cc1ccccc1F. The number of aliphatic hydroxyl groups excluding tert-OH is 1. The summed E-state index contributed by atoms with van der Waals surface area (Å²) >= 11 is 0. The van der Waals surface area contributed by atoms with Crippen LogP contribution in [0.25, 0.3) is 0 Å². The second-order valence-electron chi connectivity index (χ2n) is 5.80. The van der Waals surface area contributed by atoms with Crippen molar-refractivity contribution in [3.05, 3.63) is 71.5 Å². The van der Waals surface area contributed by atoms with Crippen LogP contribution in [0.2, 0.25) is 0 Å². The molecule has 2 nitrogen and oxygen atoms in total. The summed E-state index contributed by atoms with van der Waals surface area (Å²) in [5.74, 6) is -0.0724. The molecule has 0 aromatic heterocycles. The van der Waals surface area contributed by atoms with Crippen molar-refractivity contribution in [1.29, 1.82) is 0 Å². The van der Waals surface area contributed by atoms with Gasteiger partial charge in [-0.2, -0.15) is 0 Å². The fourth-order valence-corrected chi connectivity index (χ4v) is 3.06. The van der Waals surface area contributed by atoms with Gasteiger partial charge in [0.05, 0.1) is 6.10 Å². The summed E-state index contributed by atoms with van der Waals surface area (Å²) in [6, 6.07) is 17.1. The van der Waals surface area contributed by atoms with Crippen LogP contribution < -0.4 is 0 Å². The standard InChI is InChI=1S/C18H20FNO/c19-17-9-5-4-8-15(17)10-16-12-20(13-18(16)21)11-14-6-2-1-3-7-14/h1-9,16,18,21H,10-13H2. The van der Waals surface area contributed by atoms with Gasteiger partial charge >= 0.3 is 0 Å². The Morgan fingerprint density at radius 2 is 1.71 bits per heavy atom. The minimum Gasteiger partial charge on any atom is -0.391 e. The molecular formula is C18H20FNO. The molecule has 1 fully saturated rings. The Labute approximate surface area is 124 Å². The molecule has 1 saturated heterocycles. The van der Waals surface area contributed by atoms with Crippen LogP contribution in [-0.4, -0.2) is 29.2 Å². The number of likely N-dealkylation sites (tertiary alicyclic amines) is 1. The van der Waals surface area contributed by atoms with Gasteiger partial charge < -0.3 is 5.11 Å². The molecule has 0 radical (unpaired) electrons. The Morgan fingerprint density at radius 3 is 2.48 bits per heavy atom. The Bertz CT molecular complexity index is 587. The third-order valence-corrected chi connectivity index (χ3v) is 4.17. The topological polar surface area (TPSA) is 23.5 Å². The molecular weight excluding hydrogens is 265 g/mol. The van der Waals surface area contributed by atoms with Crippen molar-refractivity contribution in [2.75, 3.05) is 13.1 Å². The molecule has 1 aliphatic rings. The zero-order valence-electron chi connectivity index (χ0n) is 12.0. The van der Waals surface area contributed by atoms with E-state index in [4.69, 9.17) is 0 Å². The normalized spacial score (nSPS) is 22.6. The average Bonchev–Trinajstić information content (AvgIpc) is 2.82. The number of β-amino-alcohol motifs (C(OH)–C–C–N with tert-alkyl or cyclic N) is 1. The monoisotopic (exact) mass is 285 g/mol. The van der Waals surface area contributed by atoms with E-state index in [1.165, 1.54) is 11.6 Å². The molecule has 0 bridgehead atoms. The zero-order chi connectivity index (χ0) is 14.7. The molecule has 2 aromatic carbocycles. The maximum absolute atomic E-state index is 13.7. The molecule has 2 atom stereocenters. The average molecular weight is 285 g/mol. The molecule has 0 saturated carbocycles. The lowest BCUT2D eigenvalue weighted by atomic mass is 9.96. The summed E-state index contributed by atoms with van der Waals surface area (Å²) < 4.78 is 13.7. The van der Waals surface area contributed by atoms with Gasteiger partial charge in [0.25, 0.3) is 0 Å². The van der Waals surface area contributed by atoms with Crippen LogP contribution in [0, 0.1) is 11.7 Å². The van der Waals surface area contributed by atoms with Crippen LogP contribution in [0.4, 0.5) is 4.39 Å². The van der Waals surface area contributed by atoms with Crippen LogP contribution >= 0.6 is 0 Å². The summed E-state index contributed by atoms with van der Waals surface area (Å²) in [5, 5.41) is 10.2. The number of hydrogen-bond acceptors (Lipinski definition) is 2. The van der Waals surface area contributed by atoms with Crippen molar-refractivity contribution in [1.82, 2.24) is 4.90 Å². The lowest BCUT2D eigenvalue weighted by Gasteiger charge is -2.16. The van der Waals surface area contributed by atoms with Gasteiger partial charge in [0.2, 0.25) is 0 Å². The number of aliphatic hydroxyl groups is 1. The van der Waals surface area contributed by atoms with Gasteiger partial charge in [-0.1, -0.05) is 48.5 Å². The molecule has 110 valence electrons. The highest BCUT2D eigenvalue weighted by molar-refractivity contribution is 5.19. The Balaban J connectivity index is 1.62. The van der Waals surface area contributed by atoms with Gasteiger partial charge in [0.1, 0.15) is 5.82 Å². The highest BCUT2D eigenvalue weighted by Gasteiger charge is 2.31. The molecule has 1 heterocycles. The molecule has 0 amide bonds. The molecule has 3 heteroatoms. The number of rotatable bonds is 4. The Morgan fingerprint density at radius 1 is 1.00 bits per heavy atom. The first kappa shape index (κ1) is 14.2. The smallest absolute Gasteiger partial charge is 0.126 e. The van der Waals surface area contributed by atoms with Crippen molar-refractivity contribution in [2.45, 2.75) is 19.1 Å². The number of nitrogens with zero attached hydrogens (tertiary/aromatic N) is 1. The van der Waals surface area contributed by atoms with E-state index in [0.29, 0.717) is 18.5 Å². The van der Waals surface area contributed by atoms with Crippen molar-refractivity contribution in [2.24, 2.45) is 5.92 Å². The lowest BCUT2D eigenvalue weighted by Crippen LogP contribution is -2.21. The molecule has 2 aromatic rings. The maximum Gasteiger partial charge on any atom is 0.126 e. The highest BCUT2D eigenvalue weighted by atomic mass is 19.1. The molecule has 21 heavy (non-hydrogen) atoms. The van der Waals surface area contributed by atoms with E-state index < -0.39 is 0 Å². The van der Waals surface area contributed by atoms with Crippen LogP contribution in [-0.2, 0) is 13.0 Å².